The Labute approximate surface area is 197 Å². The highest BCUT2D eigenvalue weighted by molar-refractivity contribution is 5.91. The zero-order valence-electron chi connectivity index (χ0n) is 19.2. The van der Waals surface area contributed by atoms with Crippen LogP contribution in [0, 0.1) is 23.4 Å². The first-order valence-electron chi connectivity index (χ1n) is 11.5. The summed E-state index contributed by atoms with van der Waals surface area (Å²) < 4.78 is 53.6. The number of hydrogen-bond acceptors (Lipinski definition) is 3. The minimum Gasteiger partial charge on any atom is -0.494 e. The van der Waals surface area contributed by atoms with Crippen LogP contribution in [0.2, 0.25) is 0 Å². The van der Waals surface area contributed by atoms with Gasteiger partial charge in [0.05, 0.1) is 12.7 Å². The van der Waals surface area contributed by atoms with Gasteiger partial charge in [0.1, 0.15) is 0 Å². The van der Waals surface area contributed by atoms with Crippen LogP contribution in [0.15, 0.2) is 54.6 Å². The van der Waals surface area contributed by atoms with Crippen molar-refractivity contribution in [1.82, 2.24) is 0 Å². The van der Waals surface area contributed by atoms with Crippen LogP contribution < -0.4 is 9.47 Å². The maximum Gasteiger partial charge on any atom is 0.343 e. The van der Waals surface area contributed by atoms with Crippen molar-refractivity contribution in [1.29, 1.82) is 0 Å². The van der Waals surface area contributed by atoms with E-state index in [1.54, 1.807) is 18.2 Å². The summed E-state index contributed by atoms with van der Waals surface area (Å²) in [5.41, 5.74) is 1.80. The van der Waals surface area contributed by atoms with E-state index >= 15 is 0 Å². The van der Waals surface area contributed by atoms with Gasteiger partial charge < -0.3 is 9.47 Å². The topological polar surface area (TPSA) is 35.5 Å². The molecule has 1 saturated carbocycles. The molecule has 0 spiro atoms. The molecule has 0 bridgehead atoms. The molecule has 1 aliphatic carbocycles. The van der Waals surface area contributed by atoms with Crippen molar-refractivity contribution >= 4 is 5.97 Å². The molecule has 0 unspecified atom stereocenters. The van der Waals surface area contributed by atoms with E-state index in [1.807, 2.05) is 0 Å². The summed E-state index contributed by atoms with van der Waals surface area (Å²) in [5, 5.41) is 0. The number of ether oxygens (including phenoxy) is 2. The van der Waals surface area contributed by atoms with Crippen LogP contribution >= 0.6 is 0 Å². The Morgan fingerprint density at radius 1 is 0.853 bits per heavy atom. The predicted molar refractivity (Wildman–Crippen MR) is 125 cm³/mol. The molecular formula is C28H27F3O3. The van der Waals surface area contributed by atoms with Crippen molar-refractivity contribution in [3.05, 3.63) is 83.2 Å². The van der Waals surface area contributed by atoms with Gasteiger partial charge in [-0.15, -0.1) is 0 Å². The second kappa shape index (κ2) is 10.3. The first kappa shape index (κ1) is 23.9. The quantitative estimate of drug-likeness (QED) is 0.275. The molecule has 0 N–H and O–H groups in total. The molecule has 0 aromatic heterocycles. The van der Waals surface area contributed by atoms with E-state index in [0.717, 1.165) is 32.1 Å². The highest BCUT2D eigenvalue weighted by Crippen LogP contribution is 2.39. The Balaban J connectivity index is 1.46. The molecule has 3 nitrogen and oxygen atoms in total. The lowest BCUT2D eigenvalue weighted by molar-refractivity contribution is 0.0726. The van der Waals surface area contributed by atoms with Crippen molar-refractivity contribution in [2.24, 2.45) is 5.92 Å². The fourth-order valence-corrected chi connectivity index (χ4v) is 4.63. The molecule has 0 amide bonds. The number of benzene rings is 3. The molecule has 3 aromatic carbocycles. The number of esters is 1. The summed E-state index contributed by atoms with van der Waals surface area (Å²) in [5.74, 6) is -3.05. The van der Waals surface area contributed by atoms with Gasteiger partial charge in [-0.2, -0.15) is 4.39 Å². The van der Waals surface area contributed by atoms with Crippen LogP contribution in [-0.4, -0.2) is 13.1 Å². The van der Waals surface area contributed by atoms with Gasteiger partial charge >= 0.3 is 5.97 Å². The summed E-state index contributed by atoms with van der Waals surface area (Å²) >= 11 is 0. The minimum absolute atomic E-state index is 0.0163. The van der Waals surface area contributed by atoms with Gasteiger partial charge in [-0.25, -0.2) is 13.6 Å². The molecule has 1 aliphatic rings. The number of hydrogen-bond donors (Lipinski definition) is 0. The van der Waals surface area contributed by atoms with Gasteiger partial charge in [-0.3, -0.25) is 0 Å². The second-order valence-electron chi connectivity index (χ2n) is 8.72. The Morgan fingerprint density at radius 3 is 2.12 bits per heavy atom. The Hall–Kier alpha value is -3.28. The van der Waals surface area contributed by atoms with Crippen molar-refractivity contribution in [3.63, 3.8) is 0 Å². The van der Waals surface area contributed by atoms with Gasteiger partial charge in [0, 0.05) is 0 Å². The number of halogens is 3. The molecule has 3 aromatic rings. The lowest BCUT2D eigenvalue weighted by Gasteiger charge is -2.28. The van der Waals surface area contributed by atoms with Gasteiger partial charge in [-0.1, -0.05) is 37.6 Å². The highest BCUT2D eigenvalue weighted by atomic mass is 19.2. The van der Waals surface area contributed by atoms with Crippen LogP contribution in [0.5, 0.6) is 11.5 Å². The lowest BCUT2D eigenvalue weighted by Crippen LogP contribution is -2.15. The summed E-state index contributed by atoms with van der Waals surface area (Å²) in [4.78, 5) is 12.5. The normalized spacial score (nSPS) is 17.9. The summed E-state index contributed by atoms with van der Waals surface area (Å²) in [6.07, 6.45) is 4.80. The summed E-state index contributed by atoms with van der Waals surface area (Å²) in [6.45, 7) is 2.15. The molecule has 0 aliphatic heterocycles. The molecule has 178 valence electrons. The first-order valence-corrected chi connectivity index (χ1v) is 11.5. The maximum absolute atomic E-state index is 14.8. The SMILES string of the molecule is CCC1CCC(c2ccc(OC(=O)c3ccc(-c4ccc(OC)c(F)c4)cc3)c(F)c2F)CC1. The fourth-order valence-electron chi connectivity index (χ4n) is 4.63. The minimum atomic E-state index is -1.14. The van der Waals surface area contributed by atoms with E-state index < -0.39 is 29.2 Å². The zero-order chi connectivity index (χ0) is 24.2. The van der Waals surface area contributed by atoms with E-state index in [2.05, 4.69) is 6.92 Å². The third-order valence-corrected chi connectivity index (χ3v) is 6.75. The van der Waals surface area contributed by atoms with E-state index in [9.17, 15) is 18.0 Å². The van der Waals surface area contributed by atoms with Gasteiger partial charge in [0.2, 0.25) is 5.82 Å². The van der Waals surface area contributed by atoms with Crippen LogP contribution in [0.4, 0.5) is 13.2 Å². The standard InChI is InChI=1S/C28H27F3O3/c1-3-17-4-6-19(7-5-17)22-13-15-25(27(31)26(22)30)34-28(32)20-10-8-18(9-11-20)21-12-14-24(33-2)23(29)16-21/h8-17,19H,3-7H2,1-2H3. The number of rotatable bonds is 6. The largest absolute Gasteiger partial charge is 0.494 e. The molecular weight excluding hydrogens is 441 g/mol. The van der Waals surface area contributed by atoms with Crippen LogP contribution in [0.3, 0.4) is 0 Å². The van der Waals surface area contributed by atoms with E-state index in [4.69, 9.17) is 9.47 Å². The Kier molecular flexibility index (Phi) is 7.25. The molecule has 6 heteroatoms. The van der Waals surface area contributed by atoms with E-state index in [-0.39, 0.29) is 17.2 Å². The molecule has 4 rings (SSSR count). The van der Waals surface area contributed by atoms with Crippen LogP contribution in [0.25, 0.3) is 11.1 Å². The third-order valence-electron chi connectivity index (χ3n) is 6.75. The number of carbonyl (C=O) groups is 1. The third kappa shape index (κ3) is 4.96. The molecule has 0 saturated heterocycles. The summed E-state index contributed by atoms with van der Waals surface area (Å²) in [7, 11) is 1.39. The molecule has 0 radical (unpaired) electrons. The Bertz CT molecular complexity index is 1170. The average molecular weight is 469 g/mol. The zero-order valence-corrected chi connectivity index (χ0v) is 19.2. The number of methoxy groups -OCH3 is 1. The number of carbonyl (C=O) groups excluding carboxylic acids is 1. The smallest absolute Gasteiger partial charge is 0.343 e. The van der Waals surface area contributed by atoms with Gasteiger partial charge in [0.15, 0.2) is 23.1 Å². The van der Waals surface area contributed by atoms with E-state index in [1.165, 1.54) is 43.5 Å². The molecule has 0 heterocycles. The van der Waals surface area contributed by atoms with Crippen molar-refractivity contribution < 1.29 is 27.4 Å². The maximum atomic E-state index is 14.8. The van der Waals surface area contributed by atoms with Crippen LogP contribution in [-0.2, 0) is 0 Å². The highest BCUT2D eigenvalue weighted by Gasteiger charge is 2.26. The van der Waals surface area contributed by atoms with Crippen molar-refractivity contribution in [3.8, 4) is 22.6 Å². The van der Waals surface area contributed by atoms with Crippen molar-refractivity contribution in [2.45, 2.75) is 44.9 Å². The van der Waals surface area contributed by atoms with E-state index in [0.29, 0.717) is 22.6 Å². The molecule has 34 heavy (non-hydrogen) atoms. The molecule has 0 atom stereocenters. The van der Waals surface area contributed by atoms with Crippen LogP contribution in [0.1, 0.15) is 60.9 Å². The predicted octanol–water partition coefficient (Wildman–Crippen LogP) is 7.68. The molecule has 1 fully saturated rings. The second-order valence-corrected chi connectivity index (χ2v) is 8.72. The van der Waals surface area contributed by atoms with Gasteiger partial charge in [-0.05, 0) is 84.5 Å². The summed E-state index contributed by atoms with van der Waals surface area (Å²) in [6, 6.07) is 13.6. The Morgan fingerprint density at radius 2 is 1.50 bits per heavy atom. The fraction of sp³-hybridized carbons (Fsp3) is 0.321. The average Bonchev–Trinajstić information content (AvgIpc) is 2.87. The van der Waals surface area contributed by atoms with Crippen molar-refractivity contribution in [2.75, 3.05) is 7.11 Å². The lowest BCUT2D eigenvalue weighted by atomic mass is 9.77. The monoisotopic (exact) mass is 468 g/mol. The van der Waals surface area contributed by atoms with Gasteiger partial charge in [0.25, 0.3) is 0 Å². The first-order chi connectivity index (χ1) is 16.4.